The zero-order chi connectivity index (χ0) is 9.84. The van der Waals surface area contributed by atoms with Gasteiger partial charge < -0.3 is 5.11 Å². The van der Waals surface area contributed by atoms with Crippen LogP contribution in [0.25, 0.3) is 0 Å². The van der Waals surface area contributed by atoms with Gasteiger partial charge in [-0.05, 0) is 13.3 Å². The first-order chi connectivity index (χ1) is 6.16. The first-order valence-corrected chi connectivity index (χ1v) is 3.94. The third-order valence-electron chi connectivity index (χ3n) is 1.80. The first-order valence-electron chi connectivity index (χ1n) is 3.94. The number of hydrogen-bond acceptors (Lipinski definition) is 4. The van der Waals surface area contributed by atoms with E-state index in [9.17, 15) is 10.1 Å². The summed E-state index contributed by atoms with van der Waals surface area (Å²) in [5.74, 6) is 0. The van der Waals surface area contributed by atoms with Gasteiger partial charge in [-0.25, -0.2) is 0 Å². The van der Waals surface area contributed by atoms with Crippen molar-refractivity contribution >= 4 is 5.69 Å². The molecular formula is C7H11N3O3. The molecule has 0 saturated carbocycles. The van der Waals surface area contributed by atoms with Crippen molar-refractivity contribution in [3.63, 3.8) is 0 Å². The minimum absolute atomic E-state index is 0.0259. The van der Waals surface area contributed by atoms with Crippen molar-refractivity contribution < 1.29 is 10.0 Å². The molecule has 0 aliphatic carbocycles. The molecule has 1 aromatic rings. The maximum Gasteiger partial charge on any atom is 0.309 e. The molecule has 0 radical (unpaired) electrons. The molecule has 0 bridgehead atoms. The number of aryl methyl sites for hydroxylation is 1. The highest BCUT2D eigenvalue weighted by Crippen LogP contribution is 2.15. The molecule has 1 N–H and O–H groups in total. The molecule has 1 rings (SSSR count). The fourth-order valence-corrected chi connectivity index (χ4v) is 1.06. The van der Waals surface area contributed by atoms with Crippen LogP contribution in [0.2, 0.25) is 0 Å². The SMILES string of the molecule is Cc1c([N+](=O)[O-])cnn1CCCO. The molecule has 72 valence electrons. The van der Waals surface area contributed by atoms with E-state index in [0.717, 1.165) is 0 Å². The van der Waals surface area contributed by atoms with Gasteiger partial charge in [0.05, 0.1) is 4.92 Å². The fraction of sp³-hybridized carbons (Fsp3) is 0.571. The van der Waals surface area contributed by atoms with Crippen LogP contribution in [0.15, 0.2) is 6.20 Å². The average molecular weight is 185 g/mol. The topological polar surface area (TPSA) is 81.2 Å². The molecule has 6 nitrogen and oxygen atoms in total. The minimum Gasteiger partial charge on any atom is -0.396 e. The molecule has 1 heterocycles. The average Bonchev–Trinajstić information content (AvgIpc) is 2.43. The molecule has 0 aliphatic rings. The Labute approximate surface area is 74.9 Å². The lowest BCUT2D eigenvalue weighted by Gasteiger charge is -2.00. The van der Waals surface area contributed by atoms with Gasteiger partial charge in [-0.3, -0.25) is 14.8 Å². The van der Waals surface area contributed by atoms with E-state index in [2.05, 4.69) is 5.10 Å². The normalized spacial score (nSPS) is 10.3. The second kappa shape index (κ2) is 3.99. The van der Waals surface area contributed by atoms with Gasteiger partial charge in [0.2, 0.25) is 0 Å². The van der Waals surface area contributed by atoms with Crippen LogP contribution in [0.5, 0.6) is 0 Å². The number of nitro groups is 1. The molecule has 0 aliphatic heterocycles. The predicted molar refractivity (Wildman–Crippen MR) is 45.3 cm³/mol. The van der Waals surface area contributed by atoms with Crippen LogP contribution in [-0.2, 0) is 6.54 Å². The van der Waals surface area contributed by atoms with Crippen molar-refractivity contribution in [3.05, 3.63) is 22.0 Å². The number of rotatable bonds is 4. The number of hydrogen-bond donors (Lipinski definition) is 1. The van der Waals surface area contributed by atoms with Gasteiger partial charge in [0, 0.05) is 13.2 Å². The third-order valence-corrected chi connectivity index (χ3v) is 1.80. The van der Waals surface area contributed by atoms with Gasteiger partial charge in [0.25, 0.3) is 0 Å². The summed E-state index contributed by atoms with van der Waals surface area (Å²) in [4.78, 5) is 9.95. The standard InChI is InChI=1S/C7H11N3O3/c1-6-7(10(12)13)5-8-9(6)3-2-4-11/h5,11H,2-4H2,1H3. The van der Waals surface area contributed by atoms with E-state index in [4.69, 9.17) is 5.11 Å². The van der Waals surface area contributed by atoms with Gasteiger partial charge >= 0.3 is 5.69 Å². The second-order valence-electron chi connectivity index (χ2n) is 2.67. The molecule has 0 atom stereocenters. The summed E-state index contributed by atoms with van der Waals surface area (Å²) >= 11 is 0. The van der Waals surface area contributed by atoms with Crippen molar-refractivity contribution in [2.75, 3.05) is 6.61 Å². The van der Waals surface area contributed by atoms with Gasteiger partial charge in [0.1, 0.15) is 11.9 Å². The van der Waals surface area contributed by atoms with Crippen molar-refractivity contribution in [1.29, 1.82) is 0 Å². The molecule has 0 fully saturated rings. The summed E-state index contributed by atoms with van der Waals surface area (Å²) in [5, 5.41) is 22.8. The predicted octanol–water partition coefficient (Wildman–Crippen LogP) is 0.482. The van der Waals surface area contributed by atoms with Crippen LogP contribution < -0.4 is 0 Å². The quantitative estimate of drug-likeness (QED) is 0.546. The van der Waals surface area contributed by atoms with E-state index < -0.39 is 4.92 Å². The smallest absolute Gasteiger partial charge is 0.309 e. The van der Waals surface area contributed by atoms with E-state index in [0.29, 0.717) is 18.7 Å². The van der Waals surface area contributed by atoms with E-state index in [-0.39, 0.29) is 12.3 Å². The monoisotopic (exact) mass is 185 g/mol. The Morgan fingerprint density at radius 1 is 1.77 bits per heavy atom. The second-order valence-corrected chi connectivity index (χ2v) is 2.67. The summed E-state index contributed by atoms with van der Waals surface area (Å²) in [6.45, 7) is 2.21. The maximum atomic E-state index is 10.4. The lowest BCUT2D eigenvalue weighted by molar-refractivity contribution is -0.385. The highest BCUT2D eigenvalue weighted by molar-refractivity contribution is 5.31. The Morgan fingerprint density at radius 3 is 2.92 bits per heavy atom. The maximum absolute atomic E-state index is 10.4. The minimum atomic E-state index is -0.461. The van der Waals surface area contributed by atoms with Crippen LogP contribution in [0.3, 0.4) is 0 Å². The summed E-state index contributed by atoms with van der Waals surface area (Å²) in [5.41, 5.74) is 0.552. The van der Waals surface area contributed by atoms with Crippen LogP contribution in [0, 0.1) is 17.0 Å². The van der Waals surface area contributed by atoms with Crippen molar-refractivity contribution in [2.45, 2.75) is 19.9 Å². The van der Waals surface area contributed by atoms with Gasteiger partial charge in [-0.2, -0.15) is 5.10 Å². The highest BCUT2D eigenvalue weighted by atomic mass is 16.6. The summed E-state index contributed by atoms with van der Waals surface area (Å²) < 4.78 is 1.52. The largest absolute Gasteiger partial charge is 0.396 e. The van der Waals surface area contributed by atoms with Crippen LogP contribution in [-0.4, -0.2) is 26.4 Å². The number of nitrogens with zero attached hydrogens (tertiary/aromatic N) is 3. The molecule has 6 heteroatoms. The van der Waals surface area contributed by atoms with Crippen LogP contribution in [0.4, 0.5) is 5.69 Å². The van der Waals surface area contributed by atoms with Crippen LogP contribution in [0.1, 0.15) is 12.1 Å². The zero-order valence-electron chi connectivity index (χ0n) is 7.30. The van der Waals surface area contributed by atoms with Crippen LogP contribution >= 0.6 is 0 Å². The molecule has 13 heavy (non-hydrogen) atoms. The summed E-state index contributed by atoms with van der Waals surface area (Å²) in [6, 6.07) is 0. The van der Waals surface area contributed by atoms with E-state index >= 15 is 0 Å². The lowest BCUT2D eigenvalue weighted by Crippen LogP contribution is -2.04. The van der Waals surface area contributed by atoms with Crippen molar-refractivity contribution in [2.24, 2.45) is 0 Å². The molecule has 0 spiro atoms. The highest BCUT2D eigenvalue weighted by Gasteiger charge is 2.15. The summed E-state index contributed by atoms with van der Waals surface area (Å²) in [6.07, 6.45) is 1.78. The van der Waals surface area contributed by atoms with Crippen molar-refractivity contribution in [1.82, 2.24) is 9.78 Å². The molecule has 0 aromatic carbocycles. The van der Waals surface area contributed by atoms with E-state index in [1.807, 2.05) is 0 Å². The molecule has 0 saturated heterocycles. The summed E-state index contributed by atoms with van der Waals surface area (Å²) in [7, 11) is 0. The number of aliphatic hydroxyl groups excluding tert-OH is 1. The number of aromatic nitrogens is 2. The van der Waals surface area contributed by atoms with Gasteiger partial charge in [-0.15, -0.1) is 0 Å². The Kier molecular flexibility index (Phi) is 2.97. The van der Waals surface area contributed by atoms with E-state index in [1.54, 1.807) is 6.92 Å². The van der Waals surface area contributed by atoms with E-state index in [1.165, 1.54) is 10.9 Å². The van der Waals surface area contributed by atoms with Crippen molar-refractivity contribution in [3.8, 4) is 0 Å². The Hall–Kier alpha value is -1.43. The molecule has 1 aromatic heterocycles. The zero-order valence-corrected chi connectivity index (χ0v) is 7.30. The Morgan fingerprint density at radius 2 is 2.46 bits per heavy atom. The van der Waals surface area contributed by atoms with Gasteiger partial charge in [-0.1, -0.05) is 0 Å². The first kappa shape index (κ1) is 9.66. The van der Waals surface area contributed by atoms with Gasteiger partial charge in [0.15, 0.2) is 0 Å². The Bertz CT molecular complexity index is 308. The molecule has 0 amide bonds. The fourth-order valence-electron chi connectivity index (χ4n) is 1.06. The number of aliphatic hydroxyl groups is 1. The Balaban J connectivity index is 2.80. The molecule has 0 unspecified atom stereocenters. The third kappa shape index (κ3) is 2.03. The molecular weight excluding hydrogens is 174 g/mol. The lowest BCUT2D eigenvalue weighted by atomic mass is 10.4.